The lowest BCUT2D eigenvalue weighted by Gasteiger charge is -2.36. The van der Waals surface area contributed by atoms with Crippen LogP contribution in [0.1, 0.15) is 161 Å². The Hall–Kier alpha value is -15.4. The van der Waals surface area contributed by atoms with Crippen LogP contribution in [0.5, 0.6) is 0 Å². The average molecular weight is 1820 g/mol. The minimum Gasteiger partial charge on any atom is -0.467 e. The van der Waals surface area contributed by atoms with Gasteiger partial charge in [0, 0.05) is 0 Å². The van der Waals surface area contributed by atoms with Gasteiger partial charge in [0.1, 0.15) is 89.1 Å². The lowest BCUT2D eigenvalue weighted by molar-refractivity contribution is -0.149. The van der Waals surface area contributed by atoms with Crippen LogP contribution in [0.25, 0.3) is 24.3 Å². The van der Waals surface area contributed by atoms with Crippen LogP contribution in [-0.4, -0.2) is 156 Å². The largest absolute Gasteiger partial charge is 0.467 e. The summed E-state index contributed by atoms with van der Waals surface area (Å²) in [6, 6.07) is 60.8. The summed E-state index contributed by atoms with van der Waals surface area (Å²) >= 11 is 0. The van der Waals surface area contributed by atoms with Gasteiger partial charge in [0.25, 0.3) is 47.3 Å². The molecule has 0 aliphatic rings. The van der Waals surface area contributed by atoms with Crippen LogP contribution >= 0.6 is 0 Å². The van der Waals surface area contributed by atoms with Gasteiger partial charge < -0.3 is 60.3 Å². The van der Waals surface area contributed by atoms with Gasteiger partial charge in [0.15, 0.2) is 0 Å². The van der Waals surface area contributed by atoms with Crippen molar-refractivity contribution in [2.24, 2.45) is 11.8 Å². The Labute approximate surface area is 773 Å². The van der Waals surface area contributed by atoms with E-state index in [4.69, 9.17) is 28.4 Å². The molecule has 2 atom stereocenters. The molecule has 0 heterocycles. The quantitative estimate of drug-likeness (QED) is 0.0121. The number of ether oxygens (including phenoxy) is 6. The van der Waals surface area contributed by atoms with Gasteiger partial charge in [0.2, 0.25) is 5.91 Å². The number of nitrogens with zero attached hydrogens (tertiary/aromatic N) is 4. The Bertz CT molecular complexity index is 5590. The second-order valence-electron chi connectivity index (χ2n) is 34.8. The first-order chi connectivity index (χ1) is 62.9. The normalized spacial score (nSPS) is 12.5. The van der Waals surface area contributed by atoms with Crippen molar-refractivity contribution in [1.82, 2.24) is 51.5 Å². The van der Waals surface area contributed by atoms with Crippen LogP contribution in [0.4, 0.5) is 24.0 Å². The zero-order valence-corrected chi connectivity index (χ0v) is 77.3. The third-order valence-electron chi connectivity index (χ3n) is 19.7. The van der Waals surface area contributed by atoms with Gasteiger partial charge in [-0.3, -0.25) is 43.2 Å². The van der Waals surface area contributed by atoms with Crippen LogP contribution in [-0.2, 0) is 103 Å². The molecule has 0 unspecified atom stereocenters. The number of imide groups is 4. The smallest absolute Gasteiger partial charge is 0.421 e. The summed E-state index contributed by atoms with van der Waals surface area (Å²) in [6.45, 7) is 19.1. The number of esters is 1. The molecule has 8 rings (SSSR count). The van der Waals surface area contributed by atoms with Crippen LogP contribution in [0.15, 0.2) is 265 Å². The summed E-state index contributed by atoms with van der Waals surface area (Å²) in [5, 5.41) is 15.6. The highest BCUT2D eigenvalue weighted by molar-refractivity contribution is 6.17. The fourth-order valence-corrected chi connectivity index (χ4v) is 13.0. The molecule has 14 amide bonds. The van der Waals surface area contributed by atoms with Crippen molar-refractivity contribution in [2.75, 3.05) is 7.11 Å². The molecule has 31 heteroatoms. The number of alkyl carbamates (subject to hydrolysis) is 1. The first kappa shape index (κ1) is 103. The molecular weight excluding hydrogens is 1700 g/mol. The van der Waals surface area contributed by atoms with Crippen molar-refractivity contribution in [3.8, 4) is 0 Å². The zero-order chi connectivity index (χ0) is 97.5. The standard InChI is InChI=1S/C102H114N10O21/c1-67(2)57-77(104-93(123)133-98(5,6)7)83(113)103-78(58-68(3)4)88(118)109(94(124)129-63-73-49-33-21-34-50-73)79(59-69-41-25-17-26-42-69)84(114)105-99(8,9)89(119)110(95(125)130-64-74-51-35-22-36-52-74)80(60-70-43-27-18-28-44-70)85(115)106-100(10,11)90(120)111(96(126)131-65-75-53-37-23-38-54-75)81(61-71-45-29-19-30-46-71)86(116)107-101(12,13)91(121)112(97(127)132-66-76-55-39-24-40-56-76)82(62-72-47-31-20-32-48-72)87(117)108-102(14,15)92(122)128-16/h17-56,59-62,67-68,77-78H,57-58,63-66H2,1-16H3,(H,103,113)(H,104,123)(H,105,114)(H,106,115)(H,107,116)(H,108,117)/b79-59+,80-60+,81-61+,82-62+/t77-,78-/m0/s1. The third-order valence-corrected chi connectivity index (χ3v) is 19.7. The molecule has 133 heavy (non-hydrogen) atoms. The summed E-state index contributed by atoms with van der Waals surface area (Å²) in [7, 11) is 1.08. The van der Waals surface area contributed by atoms with Crippen molar-refractivity contribution in [3.05, 3.63) is 310 Å². The van der Waals surface area contributed by atoms with Gasteiger partial charge in [-0.05, 0) is 170 Å². The monoisotopic (exact) mass is 1810 g/mol. The minimum atomic E-state index is -2.59. The summed E-state index contributed by atoms with van der Waals surface area (Å²) in [6.07, 6.45) is -2.83. The van der Waals surface area contributed by atoms with Crippen LogP contribution < -0.4 is 31.9 Å². The van der Waals surface area contributed by atoms with E-state index < -0.39 is 185 Å². The number of carbonyl (C=O) groups excluding carboxylic acids is 15. The molecule has 0 fully saturated rings. The highest BCUT2D eigenvalue weighted by Gasteiger charge is 2.50. The maximum Gasteiger partial charge on any atom is 0.421 e. The van der Waals surface area contributed by atoms with E-state index in [2.05, 4.69) is 31.9 Å². The number of hydrogen-bond acceptors (Lipinski definition) is 21. The van der Waals surface area contributed by atoms with Crippen molar-refractivity contribution in [2.45, 2.75) is 183 Å². The topological polar surface area (TPSA) is 397 Å². The summed E-state index contributed by atoms with van der Waals surface area (Å²) in [5.41, 5.74) is -11.6. The fraction of sp³-hybridized carbons (Fsp3) is 0.304. The maximum absolute atomic E-state index is 16.4. The van der Waals surface area contributed by atoms with Crippen LogP contribution in [0, 0.1) is 11.8 Å². The lowest BCUT2D eigenvalue weighted by Crippen LogP contribution is -2.62. The molecule has 6 N–H and O–H groups in total. The van der Waals surface area contributed by atoms with Crippen molar-refractivity contribution < 1.29 is 100 Å². The van der Waals surface area contributed by atoms with Crippen molar-refractivity contribution in [3.63, 3.8) is 0 Å². The molecule has 0 aliphatic carbocycles. The molecule has 8 aromatic carbocycles. The Balaban J connectivity index is 1.27. The van der Waals surface area contributed by atoms with E-state index >= 15 is 52.7 Å². The first-order valence-electron chi connectivity index (χ1n) is 42.8. The molecule has 0 saturated heterocycles. The van der Waals surface area contributed by atoms with E-state index in [9.17, 15) is 19.2 Å². The average Bonchev–Trinajstić information content (AvgIpc) is 0.772. The van der Waals surface area contributed by atoms with E-state index in [-0.39, 0.29) is 50.8 Å². The van der Waals surface area contributed by atoms with Crippen molar-refractivity contribution in [1.29, 1.82) is 0 Å². The molecular formula is C102H114N10O21. The Morgan fingerprint density at radius 3 is 0.789 bits per heavy atom. The number of rotatable bonds is 36. The SMILES string of the molecule is COC(=O)C(C)(C)NC(=O)/C(=C\c1ccccc1)N(C(=O)OCc1ccccc1)C(=O)C(C)(C)NC(=O)/C(=C\c1ccccc1)N(C(=O)OCc1ccccc1)C(=O)C(C)(C)NC(=O)/C(=C\c1ccccc1)N(C(=O)OCc1ccccc1)C(=O)C(C)(C)NC(=O)/C(=C\c1ccccc1)N(C(=O)OCc1ccccc1)C(=O)[C@H](CC(C)C)NC(=O)[C@H](CC(C)C)NC(=O)OC(C)(C)C. The van der Waals surface area contributed by atoms with Gasteiger partial charge in [0.05, 0.1) is 7.11 Å². The number of nitrogens with one attached hydrogen (secondary N) is 6. The van der Waals surface area contributed by atoms with Gasteiger partial charge in [-0.1, -0.05) is 270 Å². The third kappa shape index (κ3) is 30.6. The number of benzene rings is 8. The summed E-state index contributed by atoms with van der Waals surface area (Å²) in [4.78, 5) is 232. The highest BCUT2D eigenvalue weighted by Crippen LogP contribution is 2.30. The second kappa shape index (κ2) is 47.2. The molecule has 8 aromatic rings. The van der Waals surface area contributed by atoms with Gasteiger partial charge >= 0.3 is 36.4 Å². The molecule has 0 aromatic heterocycles. The van der Waals surface area contributed by atoms with E-state index in [0.29, 0.717) is 32.1 Å². The second-order valence-corrected chi connectivity index (χ2v) is 34.8. The molecule has 31 nitrogen and oxygen atoms in total. The summed E-state index contributed by atoms with van der Waals surface area (Å²) < 4.78 is 34.0. The minimum absolute atomic E-state index is 0.0332. The fourth-order valence-electron chi connectivity index (χ4n) is 13.0. The molecule has 698 valence electrons. The summed E-state index contributed by atoms with van der Waals surface area (Å²) in [5.74, 6) is -13.6. The van der Waals surface area contributed by atoms with E-state index in [1.165, 1.54) is 62.4 Å². The number of amides is 14. The van der Waals surface area contributed by atoms with E-state index in [1.54, 1.807) is 243 Å². The Morgan fingerprint density at radius 1 is 0.308 bits per heavy atom. The van der Waals surface area contributed by atoms with Crippen LogP contribution in [0.3, 0.4) is 0 Å². The van der Waals surface area contributed by atoms with Gasteiger partial charge in [-0.2, -0.15) is 0 Å². The highest BCUT2D eigenvalue weighted by atomic mass is 16.6. The van der Waals surface area contributed by atoms with E-state index in [0.717, 1.165) is 73.0 Å². The first-order valence-corrected chi connectivity index (χ1v) is 42.8. The maximum atomic E-state index is 16.4. The Kier molecular flexibility index (Phi) is 36.6. The molecule has 0 saturated carbocycles. The predicted octanol–water partition coefficient (Wildman–Crippen LogP) is 15.0. The number of carbonyl (C=O) groups is 15. The molecule has 0 radical (unpaired) electrons. The zero-order valence-electron chi connectivity index (χ0n) is 77.3. The molecule has 0 aliphatic heterocycles. The van der Waals surface area contributed by atoms with E-state index in [1.807, 2.05) is 0 Å². The van der Waals surface area contributed by atoms with Gasteiger partial charge in [-0.25, -0.2) is 48.4 Å². The lowest BCUT2D eigenvalue weighted by atomic mass is 9.99. The number of hydrogen-bond donors (Lipinski definition) is 6. The van der Waals surface area contributed by atoms with Crippen molar-refractivity contribution >= 4 is 114 Å². The number of methoxy groups -OCH3 is 1. The molecule has 0 bridgehead atoms. The van der Waals surface area contributed by atoms with Crippen LogP contribution in [0.2, 0.25) is 0 Å². The molecule has 0 spiro atoms. The predicted molar refractivity (Wildman–Crippen MR) is 496 cm³/mol. The van der Waals surface area contributed by atoms with Gasteiger partial charge in [-0.15, -0.1) is 0 Å². The Morgan fingerprint density at radius 2 is 0.541 bits per heavy atom.